The predicted octanol–water partition coefficient (Wildman–Crippen LogP) is 3.87. The van der Waals surface area contributed by atoms with Crippen LogP contribution >= 0.6 is 27.7 Å². The number of halogens is 1. The van der Waals surface area contributed by atoms with E-state index in [0.29, 0.717) is 0 Å². The molecule has 0 unspecified atom stereocenters. The highest BCUT2D eigenvalue weighted by molar-refractivity contribution is 9.08. The molecule has 0 fully saturated rings. The average Bonchev–Trinajstić information content (AvgIpc) is 2.30. The number of allylic oxidation sites excluding steroid dienone is 1. The summed E-state index contributed by atoms with van der Waals surface area (Å²) in [7, 11) is 0. The molecule has 0 aliphatic heterocycles. The first-order chi connectivity index (χ1) is 7.24. The van der Waals surface area contributed by atoms with Gasteiger partial charge in [-0.25, -0.2) is 0 Å². The third kappa shape index (κ3) is 2.95. The number of benzene rings is 1. The van der Waals surface area contributed by atoms with Gasteiger partial charge in [-0.05, 0) is 24.3 Å². The Kier molecular flexibility index (Phi) is 5.12. The van der Waals surface area contributed by atoms with Crippen molar-refractivity contribution in [3.63, 3.8) is 0 Å². The van der Waals surface area contributed by atoms with E-state index in [-0.39, 0.29) is 5.12 Å². The van der Waals surface area contributed by atoms with Gasteiger partial charge < -0.3 is 0 Å². The van der Waals surface area contributed by atoms with Gasteiger partial charge in [0, 0.05) is 10.9 Å². The van der Waals surface area contributed by atoms with E-state index < -0.39 is 0 Å². The number of thioether (sulfide) groups is 1. The second-order valence-corrected chi connectivity index (χ2v) is 4.32. The highest BCUT2D eigenvalue weighted by atomic mass is 79.9. The van der Waals surface area contributed by atoms with Gasteiger partial charge in [0.2, 0.25) is 5.12 Å². The Hall–Kier alpha value is -0.540. The summed E-state index contributed by atoms with van der Waals surface area (Å²) in [5, 5.41) is 0.883. The summed E-state index contributed by atoms with van der Waals surface area (Å²) in [5.74, 6) is 0. The zero-order valence-corrected chi connectivity index (χ0v) is 11.2. The van der Waals surface area contributed by atoms with Gasteiger partial charge in [0.05, 0.1) is 0 Å². The second kappa shape index (κ2) is 6.13. The molecule has 0 aliphatic rings. The number of carbonyl (C=O) groups is 1. The summed E-state index contributed by atoms with van der Waals surface area (Å²) in [5.41, 5.74) is 2.96. The SMILES string of the molecule is CC=C(C(=O)SC)c1ccccc1CBr. The minimum Gasteiger partial charge on any atom is -0.282 e. The summed E-state index contributed by atoms with van der Waals surface area (Å²) in [6, 6.07) is 7.96. The largest absolute Gasteiger partial charge is 0.282 e. The maximum absolute atomic E-state index is 11.7. The van der Waals surface area contributed by atoms with Crippen molar-refractivity contribution in [2.45, 2.75) is 12.3 Å². The Balaban J connectivity index is 3.18. The summed E-state index contributed by atoms with van der Waals surface area (Å²) in [6.45, 7) is 1.90. The fraction of sp³-hybridized carbons (Fsp3) is 0.250. The Labute approximate surface area is 103 Å². The number of hydrogen-bond donors (Lipinski definition) is 0. The van der Waals surface area contributed by atoms with Crippen molar-refractivity contribution in [1.82, 2.24) is 0 Å². The topological polar surface area (TPSA) is 17.1 Å². The monoisotopic (exact) mass is 284 g/mol. The number of rotatable bonds is 3. The first kappa shape index (κ1) is 12.5. The van der Waals surface area contributed by atoms with E-state index in [9.17, 15) is 4.79 Å². The Bertz CT molecular complexity index is 385. The molecule has 0 aliphatic carbocycles. The van der Waals surface area contributed by atoms with Crippen LogP contribution in [0.25, 0.3) is 5.57 Å². The maximum atomic E-state index is 11.7. The average molecular weight is 285 g/mol. The third-order valence-electron chi connectivity index (χ3n) is 2.15. The molecular formula is C12H13BrOS. The molecule has 3 heteroatoms. The van der Waals surface area contributed by atoms with Gasteiger partial charge >= 0.3 is 0 Å². The van der Waals surface area contributed by atoms with E-state index >= 15 is 0 Å². The normalized spacial score (nSPS) is 11.5. The Morgan fingerprint density at radius 3 is 2.67 bits per heavy atom. The molecule has 0 amide bonds. The molecule has 0 atom stereocenters. The molecule has 0 heterocycles. The van der Waals surface area contributed by atoms with Crippen LogP contribution in [0.1, 0.15) is 18.1 Å². The molecule has 0 spiro atoms. The lowest BCUT2D eigenvalue weighted by molar-refractivity contribution is -0.106. The molecule has 1 nitrogen and oxygen atoms in total. The molecule has 0 bridgehead atoms. The summed E-state index contributed by atoms with van der Waals surface area (Å²) in [6.07, 6.45) is 3.68. The fourth-order valence-electron chi connectivity index (χ4n) is 1.39. The van der Waals surface area contributed by atoms with Gasteiger partial charge in [0.25, 0.3) is 0 Å². The highest BCUT2D eigenvalue weighted by Gasteiger charge is 2.12. The van der Waals surface area contributed by atoms with Crippen LogP contribution < -0.4 is 0 Å². The van der Waals surface area contributed by atoms with E-state index in [2.05, 4.69) is 15.9 Å². The van der Waals surface area contributed by atoms with Crippen LogP contribution in [0.5, 0.6) is 0 Å². The standard InChI is InChI=1S/C12H13BrOS/c1-3-10(12(14)15-2)11-7-5-4-6-9(11)8-13/h3-7H,8H2,1-2H3. The van der Waals surface area contributed by atoms with Crippen LogP contribution in [0.15, 0.2) is 30.3 Å². The number of carbonyl (C=O) groups excluding carboxylic acids is 1. The summed E-state index contributed by atoms with van der Waals surface area (Å²) in [4.78, 5) is 11.7. The van der Waals surface area contributed by atoms with Crippen molar-refractivity contribution in [2.24, 2.45) is 0 Å². The fourth-order valence-corrected chi connectivity index (χ4v) is 2.33. The van der Waals surface area contributed by atoms with Crippen LogP contribution in [0.2, 0.25) is 0 Å². The lowest BCUT2D eigenvalue weighted by Crippen LogP contribution is -1.99. The van der Waals surface area contributed by atoms with Crippen LogP contribution in [0.3, 0.4) is 0 Å². The summed E-state index contributed by atoms with van der Waals surface area (Å²) < 4.78 is 0. The lowest BCUT2D eigenvalue weighted by Gasteiger charge is -2.08. The highest BCUT2D eigenvalue weighted by Crippen LogP contribution is 2.25. The summed E-state index contributed by atoms with van der Waals surface area (Å²) >= 11 is 4.68. The molecule has 1 aromatic carbocycles. The van der Waals surface area contributed by atoms with E-state index in [4.69, 9.17) is 0 Å². The maximum Gasteiger partial charge on any atom is 0.219 e. The lowest BCUT2D eigenvalue weighted by atomic mass is 10.0. The van der Waals surface area contributed by atoms with Crippen LogP contribution in [0, 0.1) is 0 Å². The van der Waals surface area contributed by atoms with E-state index in [1.54, 1.807) is 0 Å². The first-order valence-corrected chi connectivity index (χ1v) is 6.98. The molecular weight excluding hydrogens is 272 g/mol. The molecule has 15 heavy (non-hydrogen) atoms. The molecule has 0 aromatic heterocycles. The second-order valence-electron chi connectivity index (χ2n) is 2.98. The predicted molar refractivity (Wildman–Crippen MR) is 71.2 cm³/mol. The molecule has 0 saturated heterocycles. The van der Waals surface area contributed by atoms with Gasteiger partial charge in [-0.3, -0.25) is 4.79 Å². The zero-order chi connectivity index (χ0) is 11.3. The van der Waals surface area contributed by atoms with E-state index in [1.165, 1.54) is 11.8 Å². The van der Waals surface area contributed by atoms with Gasteiger partial charge in [-0.15, -0.1) is 0 Å². The van der Waals surface area contributed by atoms with Crippen molar-refractivity contribution in [1.29, 1.82) is 0 Å². The van der Waals surface area contributed by atoms with Gasteiger partial charge in [0.1, 0.15) is 0 Å². The first-order valence-electron chi connectivity index (χ1n) is 4.63. The van der Waals surface area contributed by atoms with Crippen molar-refractivity contribution < 1.29 is 4.79 Å². The van der Waals surface area contributed by atoms with E-state index in [1.807, 2.05) is 43.5 Å². The van der Waals surface area contributed by atoms with Gasteiger partial charge in [-0.2, -0.15) is 0 Å². The Morgan fingerprint density at radius 1 is 1.47 bits per heavy atom. The van der Waals surface area contributed by atoms with Crippen molar-refractivity contribution >= 4 is 38.4 Å². The van der Waals surface area contributed by atoms with Crippen LogP contribution in [-0.2, 0) is 10.1 Å². The zero-order valence-electron chi connectivity index (χ0n) is 8.79. The minimum atomic E-state index is 0.117. The minimum absolute atomic E-state index is 0.117. The smallest absolute Gasteiger partial charge is 0.219 e. The number of alkyl halides is 1. The Morgan fingerprint density at radius 2 is 2.13 bits per heavy atom. The van der Waals surface area contributed by atoms with Crippen molar-refractivity contribution in [3.8, 4) is 0 Å². The van der Waals surface area contributed by atoms with Gasteiger partial charge in [0.15, 0.2) is 0 Å². The molecule has 1 aromatic rings. The third-order valence-corrected chi connectivity index (χ3v) is 3.34. The van der Waals surface area contributed by atoms with Gasteiger partial charge in [-0.1, -0.05) is 58.0 Å². The molecule has 0 saturated carbocycles. The van der Waals surface area contributed by atoms with E-state index in [0.717, 1.165) is 22.0 Å². The van der Waals surface area contributed by atoms with Crippen molar-refractivity contribution in [2.75, 3.05) is 6.26 Å². The van der Waals surface area contributed by atoms with Crippen LogP contribution in [-0.4, -0.2) is 11.4 Å². The molecule has 0 N–H and O–H groups in total. The molecule has 0 radical (unpaired) electrons. The van der Waals surface area contributed by atoms with Crippen molar-refractivity contribution in [3.05, 3.63) is 41.5 Å². The number of hydrogen-bond acceptors (Lipinski definition) is 2. The molecule has 80 valence electrons. The quantitative estimate of drug-likeness (QED) is 0.619. The molecule has 1 rings (SSSR count). The van der Waals surface area contributed by atoms with Crippen LogP contribution in [0.4, 0.5) is 0 Å².